The Morgan fingerprint density at radius 1 is 1.29 bits per heavy atom. The zero-order chi connectivity index (χ0) is 20.8. The van der Waals surface area contributed by atoms with Gasteiger partial charge in [-0.15, -0.1) is 11.3 Å². The summed E-state index contributed by atoms with van der Waals surface area (Å²) in [6.07, 6.45) is 5.64. The first kappa shape index (κ1) is 23.3. The van der Waals surface area contributed by atoms with Crippen LogP contribution in [0.15, 0.2) is 6.07 Å². The Bertz CT molecular complexity index is 709. The number of halogens is 1. The number of hydrogen-bond donors (Lipinski definition) is 0. The van der Waals surface area contributed by atoms with Gasteiger partial charge in [0.1, 0.15) is 10.7 Å². The first-order valence-electron chi connectivity index (χ1n) is 9.98. The number of esters is 1. The Morgan fingerprint density at radius 3 is 2.46 bits per heavy atom. The van der Waals surface area contributed by atoms with E-state index in [1.165, 1.54) is 18.4 Å². The number of ketones is 1. The number of carbonyl (C=O) groups excluding carboxylic acids is 3. The molecule has 1 aliphatic carbocycles. The number of methoxy groups -OCH3 is 1. The maximum atomic E-state index is 13.6. The van der Waals surface area contributed by atoms with Crippen LogP contribution in [0.5, 0.6) is 0 Å². The van der Waals surface area contributed by atoms with Gasteiger partial charge in [-0.3, -0.25) is 4.79 Å². The van der Waals surface area contributed by atoms with Crippen molar-refractivity contribution in [2.45, 2.75) is 71.8 Å². The summed E-state index contributed by atoms with van der Waals surface area (Å²) in [5.74, 6) is 0.419. The summed E-state index contributed by atoms with van der Waals surface area (Å²) >= 11 is 3.52. The van der Waals surface area contributed by atoms with Crippen molar-refractivity contribution >= 4 is 57.3 Å². The molecule has 1 heterocycles. The average Bonchev–Trinajstić information content (AvgIpc) is 3.05. The number of thiophene rings is 1. The normalized spacial score (nSPS) is 20.5. The van der Waals surface area contributed by atoms with E-state index in [1.807, 2.05) is 17.9 Å². The third-order valence-electron chi connectivity index (χ3n) is 5.58. The molecule has 0 bridgehead atoms. The second-order valence-electron chi connectivity index (χ2n) is 7.72. The molecule has 1 aromatic rings. The molecular weight excluding hydrogens is 489 g/mol. The van der Waals surface area contributed by atoms with Crippen molar-refractivity contribution in [3.05, 3.63) is 13.8 Å². The van der Waals surface area contributed by atoms with Gasteiger partial charge in [0, 0.05) is 18.4 Å². The monoisotopic (exact) mass is 519 g/mol. The number of hydrogen-bond acceptors (Lipinski definition) is 5. The highest BCUT2D eigenvalue weighted by atomic mass is 127. The topological polar surface area (TPSA) is 63.7 Å². The Labute approximate surface area is 185 Å². The molecule has 1 saturated carbocycles. The number of ether oxygens (including phenoxy) is 1. The Hall–Kier alpha value is -0.960. The predicted molar refractivity (Wildman–Crippen MR) is 121 cm³/mol. The highest BCUT2D eigenvalue weighted by Crippen LogP contribution is 2.38. The highest BCUT2D eigenvalue weighted by Gasteiger charge is 2.35. The van der Waals surface area contributed by atoms with Gasteiger partial charge in [-0.05, 0) is 80.0 Å². The van der Waals surface area contributed by atoms with Crippen LogP contribution >= 0.6 is 33.9 Å². The number of anilines is 1. The number of carbonyl (C=O) groups is 3. The minimum Gasteiger partial charge on any atom is -0.465 e. The van der Waals surface area contributed by atoms with Gasteiger partial charge in [-0.2, -0.15) is 0 Å². The first-order chi connectivity index (χ1) is 13.3. The van der Waals surface area contributed by atoms with Gasteiger partial charge in [0.15, 0.2) is 0 Å². The summed E-state index contributed by atoms with van der Waals surface area (Å²) in [6, 6.07) is 1.79. The lowest BCUT2D eigenvalue weighted by Gasteiger charge is -2.36. The fourth-order valence-electron chi connectivity index (χ4n) is 3.85. The molecule has 156 valence electrons. The van der Waals surface area contributed by atoms with Gasteiger partial charge in [0.25, 0.3) is 0 Å². The molecule has 2 rings (SSSR count). The molecule has 1 amide bonds. The van der Waals surface area contributed by atoms with Crippen molar-refractivity contribution in [2.75, 3.05) is 12.0 Å². The fraction of sp³-hybridized carbons (Fsp3) is 0.667. The smallest absolute Gasteiger partial charge is 0.350 e. The van der Waals surface area contributed by atoms with Crippen molar-refractivity contribution in [3.63, 3.8) is 0 Å². The zero-order valence-corrected chi connectivity index (χ0v) is 20.1. The summed E-state index contributed by atoms with van der Waals surface area (Å²) in [7, 11) is 1.36. The molecule has 7 heteroatoms. The van der Waals surface area contributed by atoms with Crippen LogP contribution in [0.4, 0.5) is 5.69 Å². The van der Waals surface area contributed by atoms with Crippen molar-refractivity contribution in [2.24, 2.45) is 11.8 Å². The van der Waals surface area contributed by atoms with Gasteiger partial charge in [-0.25, -0.2) is 4.79 Å². The SMILES string of the molecule is CCC(CCC(C)=O)N(C(=O)C1CCC(C)CC1)c1cc(I)sc1C(=O)OC. The van der Waals surface area contributed by atoms with E-state index in [1.54, 1.807) is 6.92 Å². The van der Waals surface area contributed by atoms with E-state index >= 15 is 0 Å². The Kier molecular flexibility index (Phi) is 8.92. The van der Waals surface area contributed by atoms with Crippen LogP contribution in [-0.2, 0) is 14.3 Å². The quantitative estimate of drug-likeness (QED) is 0.339. The molecule has 1 unspecified atom stereocenters. The lowest BCUT2D eigenvalue weighted by atomic mass is 9.82. The maximum absolute atomic E-state index is 13.6. The maximum Gasteiger partial charge on any atom is 0.350 e. The lowest BCUT2D eigenvalue weighted by Crippen LogP contribution is -2.45. The van der Waals surface area contributed by atoms with E-state index in [4.69, 9.17) is 4.74 Å². The molecule has 0 spiro atoms. The van der Waals surface area contributed by atoms with Crippen molar-refractivity contribution in [1.82, 2.24) is 0 Å². The van der Waals surface area contributed by atoms with Crippen LogP contribution in [0.25, 0.3) is 0 Å². The van der Waals surface area contributed by atoms with Crippen molar-refractivity contribution in [3.8, 4) is 0 Å². The molecule has 1 aliphatic rings. The largest absolute Gasteiger partial charge is 0.465 e. The molecule has 1 fully saturated rings. The molecule has 0 saturated heterocycles. The van der Waals surface area contributed by atoms with Crippen LogP contribution in [0, 0.1) is 14.7 Å². The van der Waals surface area contributed by atoms with E-state index in [0.717, 1.165) is 35.0 Å². The third-order valence-corrected chi connectivity index (χ3v) is 7.45. The summed E-state index contributed by atoms with van der Waals surface area (Å²) in [4.78, 5) is 39.8. The molecule has 0 aromatic carbocycles. The van der Waals surface area contributed by atoms with Crippen molar-refractivity contribution in [1.29, 1.82) is 0 Å². The van der Waals surface area contributed by atoms with E-state index in [9.17, 15) is 14.4 Å². The number of amides is 1. The van der Waals surface area contributed by atoms with Crippen LogP contribution in [0.1, 0.15) is 75.4 Å². The first-order valence-corrected chi connectivity index (χ1v) is 11.9. The standard InChI is InChI=1S/C21H30INO4S/c1-5-16(11-8-14(3)24)23(20(25)15-9-6-13(2)7-10-15)17-12-18(22)28-19(17)21(26)27-4/h12-13,15-16H,5-11H2,1-4H3. The molecule has 0 aliphatic heterocycles. The lowest BCUT2D eigenvalue weighted by molar-refractivity contribution is -0.124. The number of nitrogens with zero attached hydrogens (tertiary/aromatic N) is 1. The molecule has 28 heavy (non-hydrogen) atoms. The molecule has 5 nitrogen and oxygen atoms in total. The highest BCUT2D eigenvalue weighted by molar-refractivity contribution is 14.1. The zero-order valence-electron chi connectivity index (χ0n) is 17.1. The Balaban J connectivity index is 2.42. The van der Waals surface area contributed by atoms with Crippen LogP contribution in [0.2, 0.25) is 0 Å². The van der Waals surface area contributed by atoms with Crippen LogP contribution < -0.4 is 4.90 Å². The van der Waals surface area contributed by atoms with Crippen molar-refractivity contribution < 1.29 is 19.1 Å². The van der Waals surface area contributed by atoms with Gasteiger partial charge >= 0.3 is 5.97 Å². The number of Topliss-reactive ketones (excluding diaryl/α,β-unsaturated/α-hetero) is 1. The predicted octanol–water partition coefficient (Wildman–Crippen LogP) is 5.45. The van der Waals surface area contributed by atoms with E-state index in [2.05, 4.69) is 29.5 Å². The fourth-order valence-corrected chi connectivity index (χ4v) is 5.60. The van der Waals surface area contributed by atoms with E-state index < -0.39 is 5.97 Å². The minimum absolute atomic E-state index is 0.0226. The molecule has 1 aromatic heterocycles. The Morgan fingerprint density at radius 2 is 1.93 bits per heavy atom. The second-order valence-corrected chi connectivity index (χ2v) is 10.7. The van der Waals surface area contributed by atoms with Gasteiger partial charge in [0.2, 0.25) is 5.91 Å². The van der Waals surface area contributed by atoms with E-state index in [-0.39, 0.29) is 23.7 Å². The van der Waals surface area contributed by atoms with Gasteiger partial charge < -0.3 is 14.4 Å². The van der Waals surface area contributed by atoms with Crippen LogP contribution in [0.3, 0.4) is 0 Å². The summed E-state index contributed by atoms with van der Waals surface area (Å²) in [5, 5.41) is 0. The minimum atomic E-state index is -0.417. The molecule has 0 N–H and O–H groups in total. The third kappa shape index (κ3) is 5.78. The average molecular weight is 519 g/mol. The van der Waals surface area contributed by atoms with E-state index in [0.29, 0.717) is 29.3 Å². The molecule has 1 atom stereocenters. The second kappa shape index (κ2) is 10.7. The van der Waals surface area contributed by atoms with Gasteiger partial charge in [-0.1, -0.05) is 13.8 Å². The molecular formula is C21H30INO4S. The summed E-state index contributed by atoms with van der Waals surface area (Å²) in [6.45, 7) is 5.84. The summed E-state index contributed by atoms with van der Waals surface area (Å²) in [5.41, 5.74) is 0.639. The summed E-state index contributed by atoms with van der Waals surface area (Å²) < 4.78 is 5.90. The van der Waals surface area contributed by atoms with Crippen LogP contribution in [-0.4, -0.2) is 30.8 Å². The molecule has 0 radical (unpaired) electrons. The van der Waals surface area contributed by atoms with Gasteiger partial charge in [0.05, 0.1) is 15.7 Å². The number of rotatable bonds is 8.